The molecule has 148 valence electrons. The lowest BCUT2D eigenvalue weighted by Crippen LogP contribution is -2.50. The molecule has 6 nitrogen and oxygen atoms in total. The van der Waals surface area contributed by atoms with E-state index < -0.39 is 0 Å². The first-order valence-corrected chi connectivity index (χ1v) is 10.4. The molecule has 1 aliphatic carbocycles. The van der Waals surface area contributed by atoms with Gasteiger partial charge in [0.2, 0.25) is 0 Å². The fourth-order valence-corrected chi connectivity index (χ4v) is 4.48. The summed E-state index contributed by atoms with van der Waals surface area (Å²) in [5.41, 5.74) is 1.39. The van der Waals surface area contributed by atoms with E-state index in [4.69, 9.17) is 0 Å². The van der Waals surface area contributed by atoms with Gasteiger partial charge in [-0.2, -0.15) is 5.10 Å². The smallest absolute Gasteiger partial charge is 0.315 e. The monoisotopic (exact) mass is 379 g/mol. The van der Waals surface area contributed by atoms with Gasteiger partial charge >= 0.3 is 6.03 Å². The van der Waals surface area contributed by atoms with Gasteiger partial charge in [0.05, 0.1) is 0 Å². The number of piperidine rings is 1. The molecule has 2 atom stereocenters. The lowest BCUT2D eigenvalue weighted by molar-refractivity contribution is 0.224. The van der Waals surface area contributed by atoms with Crippen molar-refractivity contribution in [2.75, 3.05) is 18.0 Å². The number of hydrogen-bond acceptors (Lipinski definition) is 4. The summed E-state index contributed by atoms with van der Waals surface area (Å²) in [6.45, 7) is 1.78. The minimum absolute atomic E-state index is 0.0170. The first kappa shape index (κ1) is 18.7. The third-order valence-electron chi connectivity index (χ3n) is 5.99. The van der Waals surface area contributed by atoms with Crippen molar-refractivity contribution in [3.8, 4) is 0 Å². The van der Waals surface area contributed by atoms with Crippen LogP contribution in [0.4, 0.5) is 10.6 Å². The zero-order valence-corrected chi connectivity index (χ0v) is 16.3. The highest BCUT2D eigenvalue weighted by Crippen LogP contribution is 2.32. The molecule has 2 amide bonds. The van der Waals surface area contributed by atoms with Crippen LogP contribution in [0.25, 0.3) is 0 Å². The number of anilines is 1. The van der Waals surface area contributed by atoms with Crippen LogP contribution in [-0.2, 0) is 0 Å². The summed E-state index contributed by atoms with van der Waals surface area (Å²) in [4.78, 5) is 14.7. The Morgan fingerprint density at radius 1 is 0.929 bits per heavy atom. The van der Waals surface area contributed by atoms with Crippen molar-refractivity contribution in [2.45, 2.75) is 56.5 Å². The number of nitrogens with zero attached hydrogens (tertiary/aromatic N) is 3. The molecule has 1 aromatic heterocycles. The number of carbonyl (C=O) groups excluding carboxylic acids is 1. The van der Waals surface area contributed by atoms with E-state index in [0.29, 0.717) is 5.92 Å². The molecule has 1 aliphatic heterocycles. The second kappa shape index (κ2) is 9.04. The molecule has 1 saturated heterocycles. The fraction of sp³-hybridized carbons (Fsp3) is 0.500. The summed E-state index contributed by atoms with van der Waals surface area (Å²) >= 11 is 0. The molecule has 0 spiro atoms. The lowest BCUT2D eigenvalue weighted by Gasteiger charge is -2.34. The number of hydrogen-bond donors (Lipinski definition) is 2. The Hall–Kier alpha value is -2.63. The molecule has 2 heterocycles. The number of benzene rings is 1. The van der Waals surface area contributed by atoms with E-state index in [0.717, 1.165) is 44.6 Å². The van der Waals surface area contributed by atoms with E-state index >= 15 is 0 Å². The van der Waals surface area contributed by atoms with Gasteiger partial charge in [0.15, 0.2) is 5.82 Å². The van der Waals surface area contributed by atoms with Crippen LogP contribution < -0.4 is 15.5 Å². The van der Waals surface area contributed by atoms with E-state index in [9.17, 15) is 4.79 Å². The minimum atomic E-state index is -0.0170. The molecule has 2 aliphatic rings. The SMILES string of the molecule is O=C(NC1CCN(c2cccnn2)CC1)N[C@@H]1CCC[C@H](c2ccccc2)C1. The number of nitrogens with one attached hydrogen (secondary N) is 2. The zero-order valence-electron chi connectivity index (χ0n) is 16.3. The normalized spacial score (nSPS) is 23.2. The second-order valence-corrected chi connectivity index (χ2v) is 7.93. The number of aromatic nitrogens is 2. The molecule has 2 aromatic rings. The van der Waals surface area contributed by atoms with Crippen molar-refractivity contribution in [3.05, 3.63) is 54.2 Å². The average Bonchev–Trinajstić information content (AvgIpc) is 2.76. The Labute approximate surface area is 166 Å². The Morgan fingerprint density at radius 2 is 1.71 bits per heavy atom. The lowest BCUT2D eigenvalue weighted by atomic mass is 9.81. The van der Waals surface area contributed by atoms with Crippen LogP contribution in [0.1, 0.15) is 50.0 Å². The Balaban J connectivity index is 1.22. The first-order valence-electron chi connectivity index (χ1n) is 10.4. The van der Waals surface area contributed by atoms with Crippen LogP contribution in [0.3, 0.4) is 0 Å². The van der Waals surface area contributed by atoms with Crippen molar-refractivity contribution < 1.29 is 4.79 Å². The Kier molecular flexibility index (Phi) is 6.04. The molecular formula is C22H29N5O. The van der Waals surface area contributed by atoms with Crippen LogP contribution in [0.5, 0.6) is 0 Å². The van der Waals surface area contributed by atoms with Crippen molar-refractivity contribution in [2.24, 2.45) is 0 Å². The summed E-state index contributed by atoms with van der Waals surface area (Å²) in [5, 5.41) is 14.5. The Morgan fingerprint density at radius 3 is 2.46 bits per heavy atom. The van der Waals surface area contributed by atoms with Gasteiger partial charge in [0, 0.05) is 31.4 Å². The van der Waals surface area contributed by atoms with Crippen molar-refractivity contribution >= 4 is 11.8 Å². The van der Waals surface area contributed by atoms with Gasteiger partial charge in [0.25, 0.3) is 0 Å². The molecule has 1 saturated carbocycles. The first-order chi connectivity index (χ1) is 13.8. The molecule has 2 N–H and O–H groups in total. The van der Waals surface area contributed by atoms with Crippen molar-refractivity contribution in [1.29, 1.82) is 0 Å². The van der Waals surface area contributed by atoms with Gasteiger partial charge < -0.3 is 15.5 Å². The minimum Gasteiger partial charge on any atom is -0.355 e. The molecule has 4 rings (SSSR count). The van der Waals surface area contributed by atoms with Crippen LogP contribution in [0.2, 0.25) is 0 Å². The molecule has 2 fully saturated rings. The molecule has 1 aromatic carbocycles. The maximum atomic E-state index is 12.5. The van der Waals surface area contributed by atoms with Crippen molar-refractivity contribution in [3.63, 3.8) is 0 Å². The van der Waals surface area contributed by atoms with Crippen LogP contribution >= 0.6 is 0 Å². The highest BCUT2D eigenvalue weighted by Gasteiger charge is 2.26. The summed E-state index contributed by atoms with van der Waals surface area (Å²) in [6, 6.07) is 15.0. The third-order valence-corrected chi connectivity index (χ3v) is 5.99. The average molecular weight is 380 g/mol. The van der Waals surface area contributed by atoms with E-state index in [-0.39, 0.29) is 18.1 Å². The van der Waals surface area contributed by atoms with Crippen LogP contribution in [0, 0.1) is 0 Å². The summed E-state index contributed by atoms with van der Waals surface area (Å²) < 4.78 is 0. The van der Waals surface area contributed by atoms with E-state index in [1.807, 2.05) is 12.1 Å². The van der Waals surface area contributed by atoms with Crippen LogP contribution in [0.15, 0.2) is 48.7 Å². The summed E-state index contributed by atoms with van der Waals surface area (Å²) in [6.07, 6.45) is 8.04. The van der Waals surface area contributed by atoms with Gasteiger partial charge in [0.1, 0.15) is 0 Å². The standard InChI is InChI=1S/C22H29N5O/c28-22(24-19-11-14-27(15-12-19)21-10-5-13-23-26-21)25-20-9-4-8-18(16-20)17-6-2-1-3-7-17/h1-3,5-7,10,13,18-20H,4,8-9,11-12,14-16H2,(H2,24,25,28)/t18-,20+/m0/s1. The van der Waals surface area contributed by atoms with Gasteiger partial charge in [-0.3, -0.25) is 0 Å². The predicted octanol–water partition coefficient (Wildman–Crippen LogP) is 3.47. The number of carbonyl (C=O) groups is 1. The fourth-order valence-electron chi connectivity index (χ4n) is 4.48. The molecule has 0 radical (unpaired) electrons. The molecule has 0 bridgehead atoms. The quantitative estimate of drug-likeness (QED) is 0.853. The van der Waals surface area contributed by atoms with Crippen molar-refractivity contribution in [1.82, 2.24) is 20.8 Å². The molecule has 28 heavy (non-hydrogen) atoms. The molecule has 0 unspecified atom stereocenters. The number of amides is 2. The molecule has 6 heteroatoms. The second-order valence-electron chi connectivity index (χ2n) is 7.93. The third kappa shape index (κ3) is 4.80. The maximum absolute atomic E-state index is 12.5. The highest BCUT2D eigenvalue weighted by molar-refractivity contribution is 5.74. The van der Waals surface area contributed by atoms with E-state index in [1.165, 1.54) is 18.4 Å². The van der Waals surface area contributed by atoms with E-state index in [2.05, 4.69) is 56.1 Å². The van der Waals surface area contributed by atoms with Gasteiger partial charge in [-0.15, -0.1) is 5.10 Å². The number of rotatable bonds is 4. The van der Waals surface area contributed by atoms with Gasteiger partial charge in [-0.25, -0.2) is 4.79 Å². The summed E-state index contributed by atoms with van der Waals surface area (Å²) in [5.74, 6) is 1.47. The summed E-state index contributed by atoms with van der Waals surface area (Å²) in [7, 11) is 0. The van der Waals surface area contributed by atoms with Gasteiger partial charge in [-0.1, -0.05) is 36.8 Å². The number of urea groups is 1. The highest BCUT2D eigenvalue weighted by atomic mass is 16.2. The Bertz CT molecular complexity index is 746. The topological polar surface area (TPSA) is 70.2 Å². The van der Waals surface area contributed by atoms with Crippen LogP contribution in [-0.4, -0.2) is 41.4 Å². The molecular weight excluding hydrogens is 350 g/mol. The zero-order chi connectivity index (χ0) is 19.2. The predicted molar refractivity (Wildman–Crippen MR) is 110 cm³/mol. The largest absolute Gasteiger partial charge is 0.355 e. The van der Waals surface area contributed by atoms with Gasteiger partial charge in [-0.05, 0) is 55.7 Å². The maximum Gasteiger partial charge on any atom is 0.315 e. The van der Waals surface area contributed by atoms with E-state index in [1.54, 1.807) is 6.20 Å².